The summed E-state index contributed by atoms with van der Waals surface area (Å²) in [5.41, 5.74) is 0. The van der Waals surface area contributed by atoms with Crippen LogP contribution in [0.2, 0.25) is 0 Å². The topological polar surface area (TPSA) is 29.1 Å². The monoisotopic (exact) mass is 239 g/mol. The highest BCUT2D eigenvalue weighted by Gasteiger charge is 2.40. The molecule has 16 heavy (non-hydrogen) atoms. The Bertz CT molecular complexity index is 275. The van der Waals surface area contributed by atoms with E-state index in [9.17, 15) is 4.79 Å². The molecule has 0 radical (unpaired) electrons. The van der Waals surface area contributed by atoms with Crippen LogP contribution >= 0.6 is 11.8 Å². The Kier molecular flexibility index (Phi) is 3.25. The minimum absolute atomic E-state index is 0.165. The van der Waals surface area contributed by atoms with Gasteiger partial charge in [0.1, 0.15) is 0 Å². The van der Waals surface area contributed by atoms with Gasteiger partial charge >= 0.3 is 0 Å². The van der Waals surface area contributed by atoms with Crippen molar-refractivity contribution >= 4 is 17.5 Å². The fourth-order valence-electron chi connectivity index (χ4n) is 3.80. The fourth-order valence-corrected chi connectivity index (χ4v) is 4.77. The number of rotatable bonds is 3. The molecule has 2 nitrogen and oxygen atoms in total. The number of fused-ring (bicyclic) bond motifs is 2. The summed E-state index contributed by atoms with van der Waals surface area (Å²) in [6, 6.07) is 0.165. The lowest BCUT2D eigenvalue weighted by molar-refractivity contribution is -0.121. The summed E-state index contributed by atoms with van der Waals surface area (Å²) in [7, 11) is 0. The molecule has 3 rings (SSSR count). The molecule has 1 saturated heterocycles. The predicted molar refractivity (Wildman–Crippen MR) is 67.7 cm³/mol. The number of thioether (sulfide) groups is 1. The van der Waals surface area contributed by atoms with Gasteiger partial charge in [-0.05, 0) is 37.0 Å². The zero-order chi connectivity index (χ0) is 11.0. The third-order valence-corrected chi connectivity index (χ3v) is 5.72. The molecule has 0 aromatic heterocycles. The van der Waals surface area contributed by atoms with Gasteiger partial charge in [-0.3, -0.25) is 4.79 Å². The van der Waals surface area contributed by atoms with Crippen LogP contribution in [0.4, 0.5) is 0 Å². The van der Waals surface area contributed by atoms with Crippen LogP contribution < -0.4 is 5.32 Å². The minimum Gasteiger partial charge on any atom is -0.306 e. The standard InChI is InChI=1S/C13H21NOS/c15-13(12-8-16-4-3-14-12)7-11-6-9-1-2-10(11)5-9/h9-12,14H,1-8H2. The number of hydrogen-bond acceptors (Lipinski definition) is 3. The maximum atomic E-state index is 12.2. The molecule has 4 atom stereocenters. The van der Waals surface area contributed by atoms with Crippen molar-refractivity contribution in [3.63, 3.8) is 0 Å². The molecule has 3 heteroatoms. The van der Waals surface area contributed by atoms with Crippen molar-refractivity contribution in [3.05, 3.63) is 0 Å². The first-order chi connectivity index (χ1) is 7.83. The van der Waals surface area contributed by atoms with Crippen LogP contribution in [0.15, 0.2) is 0 Å². The van der Waals surface area contributed by atoms with E-state index in [0.29, 0.717) is 5.78 Å². The van der Waals surface area contributed by atoms with Crippen molar-refractivity contribution in [2.24, 2.45) is 17.8 Å². The third-order valence-electron chi connectivity index (χ3n) is 4.66. The number of carbonyl (C=O) groups excluding carboxylic acids is 1. The highest BCUT2D eigenvalue weighted by Crippen LogP contribution is 2.49. The van der Waals surface area contributed by atoms with Crippen molar-refractivity contribution < 1.29 is 4.79 Å². The van der Waals surface area contributed by atoms with Crippen molar-refractivity contribution in [3.8, 4) is 0 Å². The molecule has 1 aliphatic heterocycles. The first-order valence-electron chi connectivity index (χ1n) is 6.67. The second-order valence-corrected chi connectivity index (χ2v) is 6.84. The number of hydrogen-bond donors (Lipinski definition) is 1. The molecule has 1 N–H and O–H groups in total. The van der Waals surface area contributed by atoms with Gasteiger partial charge in [0.25, 0.3) is 0 Å². The average molecular weight is 239 g/mol. The van der Waals surface area contributed by atoms with Gasteiger partial charge < -0.3 is 5.32 Å². The number of carbonyl (C=O) groups is 1. The Morgan fingerprint density at radius 1 is 1.31 bits per heavy atom. The lowest BCUT2D eigenvalue weighted by Gasteiger charge is -2.26. The number of Topliss-reactive ketones (excluding diaryl/α,β-unsaturated/α-hetero) is 1. The molecule has 2 bridgehead atoms. The summed E-state index contributed by atoms with van der Waals surface area (Å²) in [5, 5.41) is 3.37. The van der Waals surface area contributed by atoms with Crippen LogP contribution in [0.5, 0.6) is 0 Å². The van der Waals surface area contributed by atoms with E-state index < -0.39 is 0 Å². The minimum atomic E-state index is 0.165. The van der Waals surface area contributed by atoms with Gasteiger partial charge in [-0.15, -0.1) is 0 Å². The van der Waals surface area contributed by atoms with E-state index in [2.05, 4.69) is 5.32 Å². The summed E-state index contributed by atoms with van der Waals surface area (Å²) in [6.45, 7) is 1.01. The third kappa shape index (κ3) is 2.17. The summed E-state index contributed by atoms with van der Waals surface area (Å²) >= 11 is 1.92. The molecule has 0 spiro atoms. The molecule has 2 aliphatic carbocycles. The summed E-state index contributed by atoms with van der Waals surface area (Å²) in [4.78, 5) is 12.2. The number of ketones is 1. The van der Waals surface area contributed by atoms with E-state index >= 15 is 0 Å². The summed E-state index contributed by atoms with van der Waals surface area (Å²) in [5.74, 6) is 5.25. The summed E-state index contributed by atoms with van der Waals surface area (Å²) in [6.07, 6.45) is 6.46. The molecule has 3 aliphatic rings. The molecule has 2 saturated carbocycles. The lowest BCUT2D eigenvalue weighted by Crippen LogP contribution is -2.44. The van der Waals surface area contributed by atoms with Gasteiger partial charge in [0.05, 0.1) is 6.04 Å². The molecule has 3 fully saturated rings. The molecule has 90 valence electrons. The van der Waals surface area contributed by atoms with E-state index in [1.807, 2.05) is 11.8 Å². The van der Waals surface area contributed by atoms with Crippen LogP contribution in [0.1, 0.15) is 32.1 Å². The zero-order valence-electron chi connectivity index (χ0n) is 9.78. The quantitative estimate of drug-likeness (QED) is 0.817. The van der Waals surface area contributed by atoms with Crippen molar-refractivity contribution in [1.29, 1.82) is 0 Å². The van der Waals surface area contributed by atoms with E-state index in [4.69, 9.17) is 0 Å². The van der Waals surface area contributed by atoms with Crippen LogP contribution in [0.25, 0.3) is 0 Å². The van der Waals surface area contributed by atoms with E-state index in [1.54, 1.807) is 0 Å². The molecule has 0 aromatic carbocycles. The highest BCUT2D eigenvalue weighted by molar-refractivity contribution is 7.99. The Labute approximate surface area is 102 Å². The van der Waals surface area contributed by atoms with E-state index in [0.717, 1.165) is 42.2 Å². The van der Waals surface area contributed by atoms with E-state index in [-0.39, 0.29) is 6.04 Å². The maximum Gasteiger partial charge on any atom is 0.150 e. The van der Waals surface area contributed by atoms with Crippen LogP contribution in [-0.4, -0.2) is 29.9 Å². The lowest BCUT2D eigenvalue weighted by atomic mass is 9.84. The van der Waals surface area contributed by atoms with E-state index in [1.165, 1.54) is 25.7 Å². The van der Waals surface area contributed by atoms with Crippen LogP contribution in [0, 0.1) is 17.8 Å². The van der Waals surface area contributed by atoms with Gasteiger partial charge in [-0.2, -0.15) is 11.8 Å². The molecule has 1 heterocycles. The highest BCUT2D eigenvalue weighted by atomic mass is 32.2. The van der Waals surface area contributed by atoms with Crippen LogP contribution in [-0.2, 0) is 4.79 Å². The van der Waals surface area contributed by atoms with Gasteiger partial charge in [0.2, 0.25) is 0 Å². The fraction of sp³-hybridized carbons (Fsp3) is 0.923. The second-order valence-electron chi connectivity index (χ2n) is 5.69. The summed E-state index contributed by atoms with van der Waals surface area (Å²) < 4.78 is 0. The van der Waals surface area contributed by atoms with Gasteiger partial charge in [-0.1, -0.05) is 6.42 Å². The molecule has 0 amide bonds. The zero-order valence-corrected chi connectivity index (χ0v) is 10.6. The average Bonchev–Trinajstić information content (AvgIpc) is 2.92. The molecule has 4 unspecified atom stereocenters. The SMILES string of the molecule is O=C(CC1CC2CCC1C2)C1CSCCN1. The largest absolute Gasteiger partial charge is 0.306 e. The van der Waals surface area contributed by atoms with Gasteiger partial charge in [0.15, 0.2) is 5.78 Å². The maximum absolute atomic E-state index is 12.2. The Morgan fingerprint density at radius 2 is 2.25 bits per heavy atom. The smallest absolute Gasteiger partial charge is 0.150 e. The van der Waals surface area contributed by atoms with Crippen LogP contribution in [0.3, 0.4) is 0 Å². The normalized spacial score (nSPS) is 42.5. The van der Waals surface area contributed by atoms with Crippen molar-refractivity contribution in [2.45, 2.75) is 38.1 Å². The Balaban J connectivity index is 1.52. The second kappa shape index (κ2) is 4.69. The first kappa shape index (κ1) is 11.1. The van der Waals surface area contributed by atoms with Crippen molar-refractivity contribution in [2.75, 3.05) is 18.1 Å². The predicted octanol–water partition coefficient (Wildman–Crippen LogP) is 2.09. The Morgan fingerprint density at radius 3 is 2.88 bits per heavy atom. The van der Waals surface area contributed by atoms with Crippen molar-refractivity contribution in [1.82, 2.24) is 5.32 Å². The van der Waals surface area contributed by atoms with Gasteiger partial charge in [0, 0.05) is 24.5 Å². The Hall–Kier alpha value is -0.0200. The number of nitrogens with one attached hydrogen (secondary N) is 1. The molecular weight excluding hydrogens is 218 g/mol. The molecule has 0 aromatic rings. The van der Waals surface area contributed by atoms with Gasteiger partial charge in [-0.25, -0.2) is 0 Å². The first-order valence-corrected chi connectivity index (χ1v) is 7.82. The molecular formula is C13H21NOS.